The highest BCUT2D eigenvalue weighted by Crippen LogP contribution is 2.37. The highest BCUT2D eigenvalue weighted by molar-refractivity contribution is 5.86. The fraction of sp³-hybridized carbons (Fsp3) is 0.933. The number of carbonyl (C=O) groups is 1. The van der Waals surface area contributed by atoms with Crippen LogP contribution in [-0.2, 0) is 4.79 Å². The zero-order valence-corrected chi connectivity index (χ0v) is 12.8. The number of amides is 1. The first-order valence-corrected chi connectivity index (χ1v) is 7.32. The van der Waals surface area contributed by atoms with Crippen molar-refractivity contribution in [3.63, 3.8) is 0 Å². The second-order valence-corrected chi connectivity index (χ2v) is 6.67. The summed E-state index contributed by atoms with van der Waals surface area (Å²) in [5.41, 5.74) is 5.98. The van der Waals surface area contributed by atoms with E-state index in [0.717, 1.165) is 12.8 Å². The van der Waals surface area contributed by atoms with Gasteiger partial charge in [0.2, 0.25) is 5.91 Å². The van der Waals surface area contributed by atoms with Gasteiger partial charge >= 0.3 is 0 Å². The predicted molar refractivity (Wildman–Crippen MR) is 76.3 cm³/mol. The van der Waals surface area contributed by atoms with Gasteiger partial charge in [0.25, 0.3) is 0 Å². The first-order valence-electron chi connectivity index (χ1n) is 7.32. The van der Waals surface area contributed by atoms with E-state index in [2.05, 4.69) is 13.8 Å². The van der Waals surface area contributed by atoms with Crippen molar-refractivity contribution in [2.75, 3.05) is 7.05 Å². The maximum atomic E-state index is 12.5. The third kappa shape index (κ3) is 3.25. The highest BCUT2D eigenvalue weighted by Gasteiger charge is 2.37. The molecule has 0 heterocycles. The van der Waals surface area contributed by atoms with Gasteiger partial charge < -0.3 is 10.6 Å². The SMILES string of the molecule is CCC(N)(CC)C(=O)N(C)C1CCC(C)(C)CC1. The molecule has 18 heavy (non-hydrogen) atoms. The van der Waals surface area contributed by atoms with Gasteiger partial charge in [0.1, 0.15) is 0 Å². The Labute approximate surface area is 112 Å². The maximum Gasteiger partial charge on any atom is 0.242 e. The normalized spacial score (nSPS) is 20.8. The Morgan fingerprint density at radius 3 is 2.11 bits per heavy atom. The summed E-state index contributed by atoms with van der Waals surface area (Å²) in [5.74, 6) is 0.122. The molecule has 0 atom stereocenters. The van der Waals surface area contributed by atoms with Crippen LogP contribution in [0.5, 0.6) is 0 Å². The Bertz CT molecular complexity index is 285. The van der Waals surface area contributed by atoms with Gasteiger partial charge in [-0.15, -0.1) is 0 Å². The molecule has 0 aliphatic heterocycles. The molecule has 0 saturated heterocycles. The highest BCUT2D eigenvalue weighted by atomic mass is 16.2. The lowest BCUT2D eigenvalue weighted by Gasteiger charge is -2.41. The molecule has 1 amide bonds. The minimum Gasteiger partial charge on any atom is -0.341 e. The average molecular weight is 254 g/mol. The third-order valence-corrected chi connectivity index (χ3v) is 4.86. The van der Waals surface area contributed by atoms with Crippen LogP contribution in [0.3, 0.4) is 0 Å². The molecule has 0 bridgehead atoms. The van der Waals surface area contributed by atoms with E-state index in [1.807, 2.05) is 25.8 Å². The van der Waals surface area contributed by atoms with E-state index in [1.165, 1.54) is 12.8 Å². The summed E-state index contributed by atoms with van der Waals surface area (Å²) in [6, 6.07) is 0.381. The third-order valence-electron chi connectivity index (χ3n) is 4.86. The molecule has 0 unspecified atom stereocenters. The molecule has 3 heteroatoms. The van der Waals surface area contributed by atoms with Gasteiger partial charge in [0.05, 0.1) is 5.54 Å². The van der Waals surface area contributed by atoms with Crippen molar-refractivity contribution < 1.29 is 4.79 Å². The van der Waals surface area contributed by atoms with E-state index < -0.39 is 5.54 Å². The molecule has 0 aromatic heterocycles. The second-order valence-electron chi connectivity index (χ2n) is 6.67. The van der Waals surface area contributed by atoms with Crippen LogP contribution < -0.4 is 5.73 Å². The van der Waals surface area contributed by atoms with Crippen molar-refractivity contribution >= 4 is 5.91 Å². The molecule has 1 rings (SSSR count). The number of likely N-dealkylation sites (N-methyl/N-ethyl adjacent to an activating group) is 1. The van der Waals surface area contributed by atoms with Gasteiger partial charge in [0.15, 0.2) is 0 Å². The van der Waals surface area contributed by atoms with E-state index in [1.54, 1.807) is 0 Å². The van der Waals surface area contributed by atoms with Gasteiger partial charge in [-0.2, -0.15) is 0 Å². The van der Waals surface area contributed by atoms with Gasteiger partial charge in [0, 0.05) is 13.1 Å². The number of nitrogens with zero attached hydrogens (tertiary/aromatic N) is 1. The summed E-state index contributed by atoms with van der Waals surface area (Å²) >= 11 is 0. The van der Waals surface area contributed by atoms with Crippen molar-refractivity contribution in [2.45, 2.75) is 77.8 Å². The lowest BCUT2D eigenvalue weighted by atomic mass is 9.75. The van der Waals surface area contributed by atoms with Crippen molar-refractivity contribution in [1.82, 2.24) is 4.90 Å². The first-order chi connectivity index (χ1) is 8.25. The Hall–Kier alpha value is -0.570. The molecular formula is C15H30N2O. The molecule has 2 N–H and O–H groups in total. The summed E-state index contributed by atoms with van der Waals surface area (Å²) in [4.78, 5) is 14.4. The Morgan fingerprint density at radius 2 is 1.72 bits per heavy atom. The molecule has 0 aromatic rings. The first kappa shape index (κ1) is 15.5. The molecule has 1 fully saturated rings. The Balaban J connectivity index is 2.65. The molecule has 1 aliphatic carbocycles. The maximum absolute atomic E-state index is 12.5. The van der Waals surface area contributed by atoms with E-state index in [4.69, 9.17) is 5.73 Å². The van der Waals surface area contributed by atoms with Crippen LogP contribution in [0.2, 0.25) is 0 Å². The van der Waals surface area contributed by atoms with Crippen molar-refractivity contribution in [1.29, 1.82) is 0 Å². The Morgan fingerprint density at radius 1 is 1.28 bits per heavy atom. The predicted octanol–water partition coefficient (Wildman–Crippen LogP) is 2.93. The van der Waals surface area contributed by atoms with Crippen LogP contribution in [0, 0.1) is 5.41 Å². The van der Waals surface area contributed by atoms with Gasteiger partial charge in [-0.25, -0.2) is 0 Å². The smallest absolute Gasteiger partial charge is 0.242 e. The van der Waals surface area contributed by atoms with Gasteiger partial charge in [-0.3, -0.25) is 4.79 Å². The van der Waals surface area contributed by atoms with Crippen LogP contribution in [0.25, 0.3) is 0 Å². The van der Waals surface area contributed by atoms with Crippen LogP contribution in [0.4, 0.5) is 0 Å². The molecule has 0 aromatic carbocycles. The molecule has 1 saturated carbocycles. The fourth-order valence-electron chi connectivity index (χ4n) is 2.84. The van der Waals surface area contributed by atoms with Gasteiger partial charge in [-0.05, 0) is 43.9 Å². The van der Waals surface area contributed by atoms with E-state index in [0.29, 0.717) is 24.3 Å². The van der Waals surface area contributed by atoms with E-state index in [-0.39, 0.29) is 5.91 Å². The van der Waals surface area contributed by atoms with Crippen LogP contribution in [0.1, 0.15) is 66.2 Å². The molecule has 106 valence electrons. The van der Waals surface area contributed by atoms with E-state index in [9.17, 15) is 4.79 Å². The van der Waals surface area contributed by atoms with Crippen molar-refractivity contribution in [2.24, 2.45) is 11.1 Å². The van der Waals surface area contributed by atoms with Crippen molar-refractivity contribution in [3.8, 4) is 0 Å². The number of hydrogen-bond acceptors (Lipinski definition) is 2. The minimum atomic E-state index is -0.665. The number of rotatable bonds is 4. The van der Waals surface area contributed by atoms with Crippen LogP contribution in [-0.4, -0.2) is 29.4 Å². The van der Waals surface area contributed by atoms with Crippen LogP contribution in [0.15, 0.2) is 0 Å². The molecule has 0 spiro atoms. The largest absolute Gasteiger partial charge is 0.341 e. The molecule has 0 radical (unpaired) electrons. The summed E-state index contributed by atoms with van der Waals surface area (Å²) < 4.78 is 0. The fourth-order valence-corrected chi connectivity index (χ4v) is 2.84. The average Bonchev–Trinajstić information content (AvgIpc) is 2.36. The van der Waals surface area contributed by atoms with E-state index >= 15 is 0 Å². The lowest BCUT2D eigenvalue weighted by molar-refractivity contribution is -0.139. The zero-order valence-electron chi connectivity index (χ0n) is 12.8. The topological polar surface area (TPSA) is 46.3 Å². The van der Waals surface area contributed by atoms with Gasteiger partial charge in [-0.1, -0.05) is 27.7 Å². The number of carbonyl (C=O) groups excluding carboxylic acids is 1. The summed E-state index contributed by atoms with van der Waals surface area (Å²) in [7, 11) is 1.93. The summed E-state index contributed by atoms with van der Waals surface area (Å²) in [6.45, 7) is 8.63. The number of nitrogens with two attached hydrogens (primary N) is 1. The molecular weight excluding hydrogens is 224 g/mol. The molecule has 1 aliphatic rings. The second kappa shape index (κ2) is 5.60. The quantitative estimate of drug-likeness (QED) is 0.838. The summed E-state index contributed by atoms with van der Waals surface area (Å²) in [6.07, 6.45) is 6.05. The lowest BCUT2D eigenvalue weighted by Crippen LogP contribution is -2.56. The monoisotopic (exact) mass is 254 g/mol. The molecule has 3 nitrogen and oxygen atoms in total. The summed E-state index contributed by atoms with van der Waals surface area (Å²) in [5, 5.41) is 0. The van der Waals surface area contributed by atoms with Crippen LogP contribution >= 0.6 is 0 Å². The minimum absolute atomic E-state index is 0.122. The Kier molecular flexibility index (Phi) is 4.82. The number of hydrogen-bond donors (Lipinski definition) is 1. The van der Waals surface area contributed by atoms with Crippen molar-refractivity contribution in [3.05, 3.63) is 0 Å². The zero-order chi connectivity index (χ0) is 14.0. The standard InChI is InChI=1S/C15H30N2O/c1-6-15(16,7-2)13(18)17(5)12-8-10-14(3,4)11-9-12/h12H,6-11,16H2,1-5H3.